The molecule has 1 saturated heterocycles. The lowest BCUT2D eigenvalue weighted by molar-refractivity contribution is -0.131. The van der Waals surface area contributed by atoms with E-state index in [1.165, 1.54) is 16.6 Å². The third-order valence-electron chi connectivity index (χ3n) is 4.12. The molecular weight excluding hydrogens is 306 g/mol. The standard InChI is InChI=1S/C16H19N7O/c17-10-14-2-4-15(5-3-14)11-21-6-1-7-22(9-8-21)16(24)12-23-13-18-19-20-23/h2-5,13H,1,6-9,11-12H2. The van der Waals surface area contributed by atoms with Crippen molar-refractivity contribution in [3.63, 3.8) is 0 Å². The van der Waals surface area contributed by atoms with Crippen molar-refractivity contribution < 1.29 is 4.79 Å². The number of hydrogen-bond acceptors (Lipinski definition) is 6. The third-order valence-corrected chi connectivity index (χ3v) is 4.12. The summed E-state index contributed by atoms with van der Waals surface area (Å²) in [6, 6.07) is 9.80. The van der Waals surface area contributed by atoms with Crippen molar-refractivity contribution in [3.05, 3.63) is 41.7 Å². The van der Waals surface area contributed by atoms with E-state index < -0.39 is 0 Å². The number of benzene rings is 1. The molecule has 0 saturated carbocycles. The number of rotatable bonds is 4. The lowest BCUT2D eigenvalue weighted by Crippen LogP contribution is -2.37. The van der Waals surface area contributed by atoms with Gasteiger partial charge in [0.05, 0.1) is 11.6 Å². The fourth-order valence-electron chi connectivity index (χ4n) is 2.81. The predicted molar refractivity (Wildman–Crippen MR) is 85.4 cm³/mol. The van der Waals surface area contributed by atoms with Gasteiger partial charge in [-0.05, 0) is 34.5 Å². The molecule has 2 heterocycles. The van der Waals surface area contributed by atoms with Gasteiger partial charge in [0.1, 0.15) is 12.9 Å². The molecule has 0 aliphatic carbocycles. The summed E-state index contributed by atoms with van der Waals surface area (Å²) in [5.41, 5.74) is 1.86. The van der Waals surface area contributed by atoms with Crippen LogP contribution >= 0.6 is 0 Å². The lowest BCUT2D eigenvalue weighted by Gasteiger charge is -2.22. The van der Waals surface area contributed by atoms with Crippen LogP contribution in [0.15, 0.2) is 30.6 Å². The molecule has 1 aliphatic rings. The van der Waals surface area contributed by atoms with Crippen LogP contribution in [-0.4, -0.2) is 62.1 Å². The van der Waals surface area contributed by atoms with Gasteiger partial charge in [-0.25, -0.2) is 4.68 Å². The van der Waals surface area contributed by atoms with Crippen LogP contribution in [0.25, 0.3) is 0 Å². The molecule has 8 heteroatoms. The van der Waals surface area contributed by atoms with Gasteiger partial charge in [-0.3, -0.25) is 9.69 Å². The minimum Gasteiger partial charge on any atom is -0.340 e. The van der Waals surface area contributed by atoms with Crippen LogP contribution in [0, 0.1) is 11.3 Å². The fraction of sp³-hybridized carbons (Fsp3) is 0.438. The minimum atomic E-state index is 0.0440. The van der Waals surface area contributed by atoms with Crippen LogP contribution in [0.4, 0.5) is 0 Å². The van der Waals surface area contributed by atoms with Crippen molar-refractivity contribution in [3.8, 4) is 6.07 Å². The number of tetrazole rings is 1. The summed E-state index contributed by atoms with van der Waals surface area (Å²) in [4.78, 5) is 16.5. The van der Waals surface area contributed by atoms with Crippen LogP contribution in [-0.2, 0) is 17.9 Å². The van der Waals surface area contributed by atoms with Crippen LogP contribution < -0.4 is 0 Å². The molecule has 1 aromatic carbocycles. The number of carbonyl (C=O) groups is 1. The van der Waals surface area contributed by atoms with Crippen LogP contribution in [0.5, 0.6) is 0 Å². The monoisotopic (exact) mass is 325 g/mol. The Hall–Kier alpha value is -2.79. The molecule has 1 aliphatic heterocycles. The van der Waals surface area contributed by atoms with Crippen LogP contribution in [0.1, 0.15) is 17.5 Å². The molecule has 0 unspecified atom stereocenters. The van der Waals surface area contributed by atoms with Gasteiger partial charge in [-0.15, -0.1) is 5.10 Å². The second-order valence-corrected chi connectivity index (χ2v) is 5.83. The Kier molecular flexibility index (Phi) is 5.13. The van der Waals surface area contributed by atoms with Gasteiger partial charge in [0.15, 0.2) is 0 Å². The normalized spacial score (nSPS) is 15.7. The Bertz CT molecular complexity index is 705. The molecule has 0 N–H and O–H groups in total. The van der Waals surface area contributed by atoms with E-state index in [1.54, 1.807) is 0 Å². The van der Waals surface area contributed by atoms with Gasteiger partial charge in [-0.2, -0.15) is 5.26 Å². The Labute approximate surface area is 140 Å². The van der Waals surface area contributed by atoms with Gasteiger partial charge < -0.3 is 4.90 Å². The van der Waals surface area contributed by atoms with Crippen molar-refractivity contribution >= 4 is 5.91 Å². The number of carbonyl (C=O) groups excluding carboxylic acids is 1. The average Bonchev–Trinajstić information content (AvgIpc) is 3.00. The van der Waals surface area contributed by atoms with E-state index in [-0.39, 0.29) is 12.5 Å². The maximum Gasteiger partial charge on any atom is 0.244 e. The van der Waals surface area contributed by atoms with Gasteiger partial charge in [0.25, 0.3) is 0 Å². The second kappa shape index (κ2) is 7.66. The third kappa shape index (κ3) is 4.14. The number of nitriles is 1. The zero-order valence-electron chi connectivity index (χ0n) is 13.4. The number of amides is 1. The first-order valence-electron chi connectivity index (χ1n) is 7.94. The average molecular weight is 325 g/mol. The number of nitrogens with zero attached hydrogens (tertiary/aromatic N) is 7. The molecule has 2 aromatic rings. The zero-order valence-corrected chi connectivity index (χ0v) is 13.4. The maximum absolute atomic E-state index is 12.3. The minimum absolute atomic E-state index is 0.0440. The lowest BCUT2D eigenvalue weighted by atomic mass is 10.1. The molecule has 0 spiro atoms. The highest BCUT2D eigenvalue weighted by Gasteiger charge is 2.19. The first-order chi connectivity index (χ1) is 11.7. The molecule has 1 aromatic heterocycles. The van der Waals surface area contributed by atoms with Gasteiger partial charge >= 0.3 is 0 Å². The van der Waals surface area contributed by atoms with Gasteiger partial charge in [0, 0.05) is 32.7 Å². The SMILES string of the molecule is N#Cc1ccc(CN2CCCN(C(=O)Cn3cnnn3)CC2)cc1. The molecule has 1 amide bonds. The highest BCUT2D eigenvalue weighted by atomic mass is 16.2. The van der Waals surface area contributed by atoms with Crippen molar-refractivity contribution in [1.29, 1.82) is 5.26 Å². The summed E-state index contributed by atoms with van der Waals surface area (Å²) in [6.07, 6.45) is 2.39. The number of aromatic nitrogens is 4. The second-order valence-electron chi connectivity index (χ2n) is 5.83. The highest BCUT2D eigenvalue weighted by molar-refractivity contribution is 5.75. The predicted octanol–water partition coefficient (Wildman–Crippen LogP) is 0.279. The smallest absolute Gasteiger partial charge is 0.244 e. The molecule has 0 bridgehead atoms. The molecule has 0 atom stereocenters. The summed E-state index contributed by atoms with van der Waals surface area (Å²) >= 11 is 0. The highest BCUT2D eigenvalue weighted by Crippen LogP contribution is 2.10. The first-order valence-corrected chi connectivity index (χ1v) is 7.94. The van der Waals surface area contributed by atoms with Crippen molar-refractivity contribution in [2.45, 2.75) is 19.5 Å². The Morgan fingerprint density at radius 2 is 2.00 bits per heavy atom. The maximum atomic E-state index is 12.3. The van der Waals surface area contributed by atoms with Crippen LogP contribution in [0.2, 0.25) is 0 Å². The van der Waals surface area contributed by atoms with Crippen LogP contribution in [0.3, 0.4) is 0 Å². The van der Waals surface area contributed by atoms with E-state index in [9.17, 15) is 4.79 Å². The summed E-state index contributed by atoms with van der Waals surface area (Å²) < 4.78 is 1.45. The Balaban J connectivity index is 1.52. The van der Waals surface area contributed by atoms with E-state index in [1.807, 2.05) is 29.2 Å². The molecule has 3 rings (SSSR count). The first kappa shape index (κ1) is 16.1. The Morgan fingerprint density at radius 1 is 1.17 bits per heavy atom. The largest absolute Gasteiger partial charge is 0.340 e. The van der Waals surface area contributed by atoms with Gasteiger partial charge in [0.2, 0.25) is 5.91 Å². The van der Waals surface area contributed by atoms with Crippen molar-refractivity contribution in [1.82, 2.24) is 30.0 Å². The molecule has 8 nitrogen and oxygen atoms in total. The summed E-state index contributed by atoms with van der Waals surface area (Å²) in [5, 5.41) is 19.7. The molecule has 1 fully saturated rings. The summed E-state index contributed by atoms with van der Waals surface area (Å²) in [5.74, 6) is 0.0440. The molecule has 24 heavy (non-hydrogen) atoms. The van der Waals surface area contributed by atoms with E-state index >= 15 is 0 Å². The molecule has 124 valence electrons. The molecular formula is C16H19N7O. The zero-order chi connectivity index (χ0) is 16.8. The quantitative estimate of drug-likeness (QED) is 0.802. The number of hydrogen-bond donors (Lipinski definition) is 0. The van der Waals surface area contributed by atoms with Crippen molar-refractivity contribution in [2.24, 2.45) is 0 Å². The van der Waals surface area contributed by atoms with E-state index in [4.69, 9.17) is 5.26 Å². The summed E-state index contributed by atoms with van der Waals surface area (Å²) in [6.45, 7) is 4.27. The summed E-state index contributed by atoms with van der Waals surface area (Å²) in [7, 11) is 0. The van der Waals surface area contributed by atoms with E-state index in [0.29, 0.717) is 12.1 Å². The van der Waals surface area contributed by atoms with E-state index in [0.717, 1.165) is 32.6 Å². The Morgan fingerprint density at radius 3 is 2.71 bits per heavy atom. The topological polar surface area (TPSA) is 90.9 Å². The van der Waals surface area contributed by atoms with E-state index in [2.05, 4.69) is 26.5 Å². The van der Waals surface area contributed by atoms with Gasteiger partial charge in [-0.1, -0.05) is 12.1 Å². The van der Waals surface area contributed by atoms with Crippen molar-refractivity contribution in [2.75, 3.05) is 26.2 Å². The molecule has 0 radical (unpaired) electrons. The fourth-order valence-corrected chi connectivity index (χ4v) is 2.81.